The average Bonchev–Trinajstić information content (AvgIpc) is 3.30. The minimum absolute atomic E-state index is 0.0132. The molecular formula is C19H29N3O2S. The number of anilines is 1. The number of nitrogens with zero attached hydrogens (tertiary/aromatic N) is 1. The molecule has 1 aromatic rings. The van der Waals surface area contributed by atoms with E-state index in [1.807, 2.05) is 0 Å². The van der Waals surface area contributed by atoms with Gasteiger partial charge in [-0.25, -0.2) is 0 Å². The van der Waals surface area contributed by atoms with Crippen molar-refractivity contribution in [3.8, 4) is 5.88 Å². The summed E-state index contributed by atoms with van der Waals surface area (Å²) in [7, 11) is 0. The van der Waals surface area contributed by atoms with E-state index in [1.165, 1.54) is 62.7 Å². The van der Waals surface area contributed by atoms with E-state index in [0.717, 1.165) is 24.0 Å². The molecule has 3 fully saturated rings. The number of amides is 1. The van der Waals surface area contributed by atoms with Crippen molar-refractivity contribution in [1.29, 1.82) is 0 Å². The third-order valence-corrected chi connectivity index (χ3v) is 7.35. The SMILES string of the molecule is O=C(Cc1sc(NCC2CCCCC2)nc1O)N[C@@H]1C[C@H]2CC[C@@H]1C2. The van der Waals surface area contributed by atoms with Crippen LogP contribution in [0.2, 0.25) is 0 Å². The summed E-state index contributed by atoms with van der Waals surface area (Å²) in [5.41, 5.74) is 0. The maximum absolute atomic E-state index is 12.3. The summed E-state index contributed by atoms with van der Waals surface area (Å²) in [4.78, 5) is 17.2. The van der Waals surface area contributed by atoms with E-state index >= 15 is 0 Å². The fraction of sp³-hybridized carbons (Fsp3) is 0.789. The van der Waals surface area contributed by atoms with Gasteiger partial charge in [0.1, 0.15) is 0 Å². The van der Waals surface area contributed by atoms with Crippen LogP contribution in [0.15, 0.2) is 0 Å². The van der Waals surface area contributed by atoms with Crippen LogP contribution in [0.3, 0.4) is 0 Å². The van der Waals surface area contributed by atoms with Crippen LogP contribution in [0.4, 0.5) is 5.13 Å². The van der Waals surface area contributed by atoms with Gasteiger partial charge in [-0.2, -0.15) is 4.98 Å². The van der Waals surface area contributed by atoms with Crippen LogP contribution < -0.4 is 10.6 Å². The molecule has 3 atom stereocenters. The van der Waals surface area contributed by atoms with E-state index in [2.05, 4.69) is 15.6 Å². The van der Waals surface area contributed by atoms with Crippen molar-refractivity contribution in [1.82, 2.24) is 10.3 Å². The molecule has 0 saturated heterocycles. The number of thiazole rings is 1. The Balaban J connectivity index is 1.27. The van der Waals surface area contributed by atoms with Gasteiger partial charge in [-0.15, -0.1) is 0 Å². The first kappa shape index (κ1) is 17.1. The Morgan fingerprint density at radius 1 is 1.16 bits per heavy atom. The molecule has 3 saturated carbocycles. The lowest BCUT2D eigenvalue weighted by molar-refractivity contribution is -0.121. The second-order valence-electron chi connectivity index (χ2n) is 8.18. The third kappa shape index (κ3) is 4.10. The lowest BCUT2D eigenvalue weighted by Gasteiger charge is -2.22. The summed E-state index contributed by atoms with van der Waals surface area (Å²) in [6, 6.07) is 0.352. The molecule has 0 aromatic carbocycles. The molecule has 2 bridgehead atoms. The van der Waals surface area contributed by atoms with E-state index in [1.54, 1.807) is 0 Å². The first-order valence-corrected chi connectivity index (χ1v) is 10.7. The molecule has 0 unspecified atom stereocenters. The lowest BCUT2D eigenvalue weighted by atomic mass is 9.89. The van der Waals surface area contributed by atoms with Crippen LogP contribution in [-0.4, -0.2) is 28.6 Å². The summed E-state index contributed by atoms with van der Waals surface area (Å²) in [5, 5.41) is 17.4. The van der Waals surface area contributed by atoms with Gasteiger partial charge in [0.05, 0.1) is 11.3 Å². The van der Waals surface area contributed by atoms with Gasteiger partial charge in [-0.3, -0.25) is 4.79 Å². The van der Waals surface area contributed by atoms with Crippen molar-refractivity contribution in [2.24, 2.45) is 17.8 Å². The number of aromatic hydroxyl groups is 1. The molecule has 1 heterocycles. The second kappa shape index (κ2) is 7.52. The molecule has 0 aliphatic heterocycles. The van der Waals surface area contributed by atoms with Crippen molar-refractivity contribution >= 4 is 22.4 Å². The van der Waals surface area contributed by atoms with Crippen molar-refractivity contribution in [2.45, 2.75) is 70.3 Å². The molecule has 0 radical (unpaired) electrons. The fourth-order valence-electron chi connectivity index (χ4n) is 4.98. The Labute approximate surface area is 153 Å². The van der Waals surface area contributed by atoms with E-state index in [-0.39, 0.29) is 18.2 Å². The normalized spacial score (nSPS) is 29.0. The number of fused-ring (bicyclic) bond motifs is 2. The summed E-state index contributed by atoms with van der Waals surface area (Å²) in [6.07, 6.45) is 11.8. The topological polar surface area (TPSA) is 74.2 Å². The summed E-state index contributed by atoms with van der Waals surface area (Å²) >= 11 is 1.42. The molecule has 1 amide bonds. The van der Waals surface area contributed by atoms with Gasteiger partial charge >= 0.3 is 0 Å². The van der Waals surface area contributed by atoms with Crippen molar-refractivity contribution in [3.05, 3.63) is 4.88 Å². The van der Waals surface area contributed by atoms with Gasteiger partial charge in [-0.1, -0.05) is 37.0 Å². The number of nitrogens with one attached hydrogen (secondary N) is 2. The first-order valence-electron chi connectivity index (χ1n) is 9.89. The predicted molar refractivity (Wildman–Crippen MR) is 99.9 cm³/mol. The number of aromatic nitrogens is 1. The zero-order chi connectivity index (χ0) is 17.2. The molecule has 3 N–H and O–H groups in total. The fourth-order valence-corrected chi connectivity index (χ4v) is 5.84. The largest absolute Gasteiger partial charge is 0.492 e. The maximum atomic E-state index is 12.3. The monoisotopic (exact) mass is 363 g/mol. The van der Waals surface area contributed by atoms with Gasteiger partial charge in [-0.05, 0) is 49.9 Å². The van der Waals surface area contributed by atoms with Crippen LogP contribution in [0.1, 0.15) is 62.7 Å². The molecule has 25 heavy (non-hydrogen) atoms. The lowest BCUT2D eigenvalue weighted by Crippen LogP contribution is -2.39. The zero-order valence-electron chi connectivity index (χ0n) is 14.8. The van der Waals surface area contributed by atoms with Gasteiger partial charge in [0.2, 0.25) is 11.8 Å². The molecule has 3 aliphatic rings. The maximum Gasteiger partial charge on any atom is 0.227 e. The van der Waals surface area contributed by atoms with Crippen LogP contribution in [0.25, 0.3) is 0 Å². The molecule has 0 spiro atoms. The number of hydrogen-bond donors (Lipinski definition) is 3. The molecule has 3 aliphatic carbocycles. The van der Waals surface area contributed by atoms with E-state index in [9.17, 15) is 9.90 Å². The molecule has 1 aromatic heterocycles. The number of carbonyl (C=O) groups excluding carboxylic acids is 1. The molecule has 5 nitrogen and oxygen atoms in total. The third-order valence-electron chi connectivity index (χ3n) is 6.35. The van der Waals surface area contributed by atoms with Gasteiger partial charge in [0.25, 0.3) is 0 Å². The standard InChI is InChI=1S/C19H29N3O2S/c23-17(21-15-9-13-6-7-14(15)8-13)10-16-18(24)22-19(25-16)20-11-12-4-2-1-3-5-12/h12-15,24H,1-11H2,(H,20,22)(H,21,23)/t13-,14+,15+/m0/s1. The number of rotatable bonds is 6. The highest BCUT2D eigenvalue weighted by atomic mass is 32.1. The number of hydrogen-bond acceptors (Lipinski definition) is 5. The first-order chi connectivity index (χ1) is 12.2. The van der Waals surface area contributed by atoms with Gasteiger partial charge in [0.15, 0.2) is 5.13 Å². The Morgan fingerprint density at radius 3 is 2.72 bits per heavy atom. The molecule has 4 rings (SSSR count). The summed E-state index contributed by atoms with van der Waals surface area (Å²) < 4.78 is 0. The minimum atomic E-state index is 0.0132. The quantitative estimate of drug-likeness (QED) is 0.721. The van der Waals surface area contributed by atoms with Crippen LogP contribution in [0, 0.1) is 17.8 Å². The van der Waals surface area contributed by atoms with Crippen molar-refractivity contribution in [3.63, 3.8) is 0 Å². The Kier molecular flexibility index (Phi) is 5.15. The highest BCUT2D eigenvalue weighted by Gasteiger charge is 2.40. The highest BCUT2D eigenvalue weighted by molar-refractivity contribution is 7.16. The Morgan fingerprint density at radius 2 is 2.00 bits per heavy atom. The van der Waals surface area contributed by atoms with E-state index < -0.39 is 0 Å². The van der Waals surface area contributed by atoms with Crippen LogP contribution in [-0.2, 0) is 11.2 Å². The van der Waals surface area contributed by atoms with Crippen LogP contribution in [0.5, 0.6) is 5.88 Å². The predicted octanol–water partition coefficient (Wildman–Crippen LogP) is 3.69. The van der Waals surface area contributed by atoms with E-state index in [4.69, 9.17) is 0 Å². The Hall–Kier alpha value is -1.30. The minimum Gasteiger partial charge on any atom is -0.492 e. The summed E-state index contributed by atoms with van der Waals surface area (Å²) in [6.45, 7) is 0.920. The molecular weight excluding hydrogens is 334 g/mol. The molecule has 138 valence electrons. The van der Waals surface area contributed by atoms with E-state index in [0.29, 0.717) is 22.8 Å². The second-order valence-corrected chi connectivity index (χ2v) is 9.26. The Bertz CT molecular complexity index is 612. The molecule has 6 heteroatoms. The number of carbonyl (C=O) groups is 1. The summed E-state index contributed by atoms with van der Waals surface area (Å²) in [5.74, 6) is 2.25. The smallest absolute Gasteiger partial charge is 0.227 e. The van der Waals surface area contributed by atoms with Crippen LogP contribution >= 0.6 is 11.3 Å². The van der Waals surface area contributed by atoms with Crippen molar-refractivity contribution in [2.75, 3.05) is 11.9 Å². The zero-order valence-corrected chi connectivity index (χ0v) is 15.6. The van der Waals surface area contributed by atoms with Gasteiger partial charge in [0, 0.05) is 12.6 Å². The van der Waals surface area contributed by atoms with Gasteiger partial charge < -0.3 is 15.7 Å². The average molecular weight is 364 g/mol. The highest BCUT2D eigenvalue weighted by Crippen LogP contribution is 2.44. The van der Waals surface area contributed by atoms with Crippen molar-refractivity contribution < 1.29 is 9.90 Å².